The third-order valence-corrected chi connectivity index (χ3v) is 2.82. The number of likely N-dealkylation sites (N-methyl/N-ethyl adjacent to an activating group) is 2. The van der Waals surface area contributed by atoms with Crippen molar-refractivity contribution in [2.75, 3.05) is 39.1 Å². The standard InChI is InChI=1S/C13H19F3N2/c1-10-9-11(13(14,15)16)5-6-12(10)18(4)8-7-17(2)3/h5-6,9H,7-8H2,1-4H3. The molecule has 1 aromatic carbocycles. The van der Waals surface area contributed by atoms with Crippen LogP contribution in [-0.2, 0) is 6.18 Å². The van der Waals surface area contributed by atoms with Gasteiger partial charge in [-0.25, -0.2) is 0 Å². The van der Waals surface area contributed by atoms with Gasteiger partial charge in [0.05, 0.1) is 5.56 Å². The fraction of sp³-hybridized carbons (Fsp3) is 0.538. The fourth-order valence-corrected chi connectivity index (χ4v) is 1.73. The van der Waals surface area contributed by atoms with Crippen LogP contribution in [0.4, 0.5) is 18.9 Å². The number of anilines is 1. The SMILES string of the molecule is Cc1cc(C(F)(F)F)ccc1N(C)CCN(C)C. The molecule has 0 radical (unpaired) electrons. The Morgan fingerprint density at radius 3 is 2.11 bits per heavy atom. The van der Waals surface area contributed by atoms with Gasteiger partial charge < -0.3 is 9.80 Å². The van der Waals surface area contributed by atoms with E-state index in [0.717, 1.165) is 24.8 Å². The maximum atomic E-state index is 12.5. The van der Waals surface area contributed by atoms with Gasteiger partial charge in [-0.1, -0.05) is 0 Å². The molecular formula is C13H19F3N2. The normalized spacial score (nSPS) is 12.0. The summed E-state index contributed by atoms with van der Waals surface area (Å²) in [7, 11) is 5.82. The van der Waals surface area contributed by atoms with Crippen LogP contribution >= 0.6 is 0 Å². The Morgan fingerprint density at radius 2 is 1.67 bits per heavy atom. The maximum Gasteiger partial charge on any atom is 0.416 e. The van der Waals surface area contributed by atoms with Crippen molar-refractivity contribution in [3.63, 3.8) is 0 Å². The van der Waals surface area contributed by atoms with Gasteiger partial charge in [-0.2, -0.15) is 13.2 Å². The Labute approximate surface area is 106 Å². The molecule has 0 aromatic heterocycles. The zero-order chi connectivity index (χ0) is 13.9. The Balaban J connectivity index is 2.85. The second-order valence-corrected chi connectivity index (χ2v) is 4.72. The highest BCUT2D eigenvalue weighted by atomic mass is 19.4. The molecule has 1 aromatic rings. The van der Waals surface area contributed by atoms with Gasteiger partial charge in [0.15, 0.2) is 0 Å². The summed E-state index contributed by atoms with van der Waals surface area (Å²) in [6, 6.07) is 3.86. The molecular weight excluding hydrogens is 241 g/mol. The molecule has 0 aliphatic heterocycles. The summed E-state index contributed by atoms with van der Waals surface area (Å²) in [6.07, 6.45) is -4.27. The lowest BCUT2D eigenvalue weighted by molar-refractivity contribution is -0.137. The molecule has 2 nitrogen and oxygen atoms in total. The van der Waals surface area contributed by atoms with Crippen LogP contribution in [0.3, 0.4) is 0 Å². The van der Waals surface area contributed by atoms with E-state index in [4.69, 9.17) is 0 Å². The molecule has 0 aliphatic carbocycles. The van der Waals surface area contributed by atoms with E-state index >= 15 is 0 Å². The Morgan fingerprint density at radius 1 is 1.06 bits per heavy atom. The van der Waals surface area contributed by atoms with Crippen LogP contribution in [0.25, 0.3) is 0 Å². The van der Waals surface area contributed by atoms with Crippen LogP contribution in [0.15, 0.2) is 18.2 Å². The predicted octanol–water partition coefficient (Wildman–Crippen LogP) is 3.01. The van der Waals surface area contributed by atoms with E-state index in [9.17, 15) is 13.2 Å². The summed E-state index contributed by atoms with van der Waals surface area (Å²) in [4.78, 5) is 4.01. The molecule has 0 unspecified atom stereocenters. The highest BCUT2D eigenvalue weighted by Crippen LogP contribution is 2.32. The van der Waals surface area contributed by atoms with Crippen LogP contribution in [-0.4, -0.2) is 39.1 Å². The highest BCUT2D eigenvalue weighted by Gasteiger charge is 2.30. The maximum absolute atomic E-state index is 12.5. The van der Waals surface area contributed by atoms with Crippen molar-refractivity contribution >= 4 is 5.69 Å². The van der Waals surface area contributed by atoms with E-state index in [0.29, 0.717) is 5.56 Å². The number of halogens is 3. The summed E-state index contributed by atoms with van der Waals surface area (Å²) >= 11 is 0. The number of nitrogens with zero attached hydrogens (tertiary/aromatic N) is 2. The third kappa shape index (κ3) is 3.91. The minimum Gasteiger partial charge on any atom is -0.373 e. The molecule has 5 heteroatoms. The van der Waals surface area contributed by atoms with Crippen molar-refractivity contribution < 1.29 is 13.2 Å². The van der Waals surface area contributed by atoms with Crippen molar-refractivity contribution in [2.24, 2.45) is 0 Å². The first-order valence-corrected chi connectivity index (χ1v) is 5.75. The Kier molecular flexibility index (Phi) is 4.62. The number of aryl methyl sites for hydroxylation is 1. The lowest BCUT2D eigenvalue weighted by atomic mass is 10.1. The average Bonchev–Trinajstić information content (AvgIpc) is 2.24. The highest BCUT2D eigenvalue weighted by molar-refractivity contribution is 5.54. The third-order valence-electron chi connectivity index (χ3n) is 2.82. The van der Waals surface area contributed by atoms with Crippen LogP contribution in [0.5, 0.6) is 0 Å². The summed E-state index contributed by atoms with van der Waals surface area (Å²) < 4.78 is 37.6. The van der Waals surface area contributed by atoms with Crippen molar-refractivity contribution in [3.05, 3.63) is 29.3 Å². The number of hydrogen-bond acceptors (Lipinski definition) is 2. The van der Waals surface area contributed by atoms with Gasteiger partial charge >= 0.3 is 6.18 Å². The second-order valence-electron chi connectivity index (χ2n) is 4.72. The van der Waals surface area contributed by atoms with Gasteiger partial charge in [-0.3, -0.25) is 0 Å². The smallest absolute Gasteiger partial charge is 0.373 e. The van der Waals surface area contributed by atoms with Crippen LogP contribution in [0.2, 0.25) is 0 Å². The molecule has 0 saturated heterocycles. The molecule has 0 spiro atoms. The van der Waals surface area contributed by atoms with Gasteiger partial charge in [-0.15, -0.1) is 0 Å². The van der Waals surface area contributed by atoms with E-state index < -0.39 is 11.7 Å². The molecule has 0 atom stereocenters. The molecule has 0 heterocycles. The first kappa shape index (κ1) is 14.8. The van der Waals surface area contributed by atoms with E-state index in [-0.39, 0.29) is 0 Å². The monoisotopic (exact) mass is 260 g/mol. The predicted molar refractivity (Wildman–Crippen MR) is 68.0 cm³/mol. The van der Waals surface area contributed by atoms with E-state index in [1.807, 2.05) is 30.9 Å². The van der Waals surface area contributed by atoms with Crippen molar-refractivity contribution in [1.82, 2.24) is 4.90 Å². The lowest BCUT2D eigenvalue weighted by Crippen LogP contribution is -2.28. The quantitative estimate of drug-likeness (QED) is 0.821. The zero-order valence-corrected chi connectivity index (χ0v) is 11.2. The number of rotatable bonds is 4. The van der Waals surface area contributed by atoms with Crippen LogP contribution in [0.1, 0.15) is 11.1 Å². The van der Waals surface area contributed by atoms with E-state index in [1.165, 1.54) is 12.1 Å². The number of hydrogen-bond donors (Lipinski definition) is 0. The number of benzene rings is 1. The summed E-state index contributed by atoms with van der Waals surface area (Å²) in [6.45, 7) is 3.34. The van der Waals surface area contributed by atoms with E-state index in [1.54, 1.807) is 6.92 Å². The number of alkyl halides is 3. The van der Waals surface area contributed by atoms with E-state index in [2.05, 4.69) is 0 Å². The molecule has 18 heavy (non-hydrogen) atoms. The molecule has 0 aliphatic rings. The molecule has 0 N–H and O–H groups in total. The first-order chi connectivity index (χ1) is 8.21. The average molecular weight is 260 g/mol. The minimum absolute atomic E-state index is 0.593. The topological polar surface area (TPSA) is 6.48 Å². The van der Waals surface area contributed by atoms with Crippen LogP contribution in [0, 0.1) is 6.92 Å². The van der Waals surface area contributed by atoms with Gasteiger partial charge in [0, 0.05) is 25.8 Å². The fourth-order valence-electron chi connectivity index (χ4n) is 1.73. The lowest BCUT2D eigenvalue weighted by Gasteiger charge is -2.24. The summed E-state index contributed by atoms with van der Waals surface area (Å²) in [5.41, 5.74) is 0.890. The molecule has 102 valence electrons. The van der Waals surface area contributed by atoms with Crippen LogP contribution < -0.4 is 4.90 Å². The van der Waals surface area contributed by atoms with Gasteiger partial charge in [-0.05, 0) is 44.8 Å². The van der Waals surface area contributed by atoms with Crippen molar-refractivity contribution in [3.8, 4) is 0 Å². The van der Waals surface area contributed by atoms with Gasteiger partial charge in [0.25, 0.3) is 0 Å². The first-order valence-electron chi connectivity index (χ1n) is 5.75. The molecule has 0 saturated carbocycles. The largest absolute Gasteiger partial charge is 0.416 e. The van der Waals surface area contributed by atoms with Crippen molar-refractivity contribution in [1.29, 1.82) is 0 Å². The second kappa shape index (κ2) is 5.61. The summed E-state index contributed by atoms with van der Waals surface area (Å²) in [5.74, 6) is 0. The van der Waals surface area contributed by atoms with Gasteiger partial charge in [0.1, 0.15) is 0 Å². The zero-order valence-electron chi connectivity index (χ0n) is 11.2. The Hall–Kier alpha value is -1.23. The molecule has 1 rings (SSSR count). The molecule has 0 amide bonds. The molecule has 0 bridgehead atoms. The minimum atomic E-state index is -4.27. The summed E-state index contributed by atoms with van der Waals surface area (Å²) in [5, 5.41) is 0. The van der Waals surface area contributed by atoms with Crippen molar-refractivity contribution in [2.45, 2.75) is 13.1 Å². The molecule has 0 fully saturated rings. The Bertz CT molecular complexity index is 400. The van der Waals surface area contributed by atoms with Gasteiger partial charge in [0.2, 0.25) is 0 Å².